The summed E-state index contributed by atoms with van der Waals surface area (Å²) < 4.78 is 11.9. The van der Waals surface area contributed by atoms with Gasteiger partial charge < -0.3 is 9.47 Å². The summed E-state index contributed by atoms with van der Waals surface area (Å²) in [5, 5.41) is 0.560. The van der Waals surface area contributed by atoms with Gasteiger partial charge in [0, 0.05) is 23.6 Å². The van der Waals surface area contributed by atoms with Gasteiger partial charge in [-0.25, -0.2) is 0 Å². The van der Waals surface area contributed by atoms with E-state index in [0.29, 0.717) is 23.6 Å². The van der Waals surface area contributed by atoms with Crippen LogP contribution in [-0.4, -0.2) is 18.7 Å². The van der Waals surface area contributed by atoms with Crippen LogP contribution in [0.3, 0.4) is 0 Å². The van der Waals surface area contributed by atoms with E-state index >= 15 is 0 Å². The first-order valence-corrected chi connectivity index (χ1v) is 9.94. The van der Waals surface area contributed by atoms with E-state index in [0.717, 1.165) is 36.0 Å². The Labute approximate surface area is 166 Å². The average molecular weight is 387 g/mol. The van der Waals surface area contributed by atoms with Crippen LogP contribution in [0, 0.1) is 20.8 Å². The second kappa shape index (κ2) is 9.01. The lowest BCUT2D eigenvalue weighted by Gasteiger charge is -2.28. The van der Waals surface area contributed by atoms with Crippen LogP contribution in [0.15, 0.2) is 36.4 Å². The van der Waals surface area contributed by atoms with Crippen LogP contribution < -0.4 is 0 Å². The van der Waals surface area contributed by atoms with E-state index in [1.807, 2.05) is 44.2 Å². The predicted molar refractivity (Wildman–Crippen MR) is 108 cm³/mol. The van der Waals surface area contributed by atoms with Crippen LogP contribution in [0.4, 0.5) is 0 Å². The molecule has 3 nitrogen and oxygen atoms in total. The van der Waals surface area contributed by atoms with Crippen LogP contribution in [-0.2, 0) is 20.7 Å². The summed E-state index contributed by atoms with van der Waals surface area (Å²) in [6.45, 7) is 6.74. The van der Waals surface area contributed by atoms with Crippen molar-refractivity contribution in [3.63, 3.8) is 0 Å². The smallest absolute Gasteiger partial charge is 0.170 e. The molecule has 0 amide bonds. The molecule has 27 heavy (non-hydrogen) atoms. The fourth-order valence-corrected chi connectivity index (χ4v) is 3.80. The maximum atomic E-state index is 13.2. The molecular weight excluding hydrogens is 360 g/mol. The lowest BCUT2D eigenvalue weighted by Crippen LogP contribution is -2.29. The molecule has 144 valence electrons. The molecule has 0 spiro atoms. The molecule has 0 aliphatic carbocycles. The van der Waals surface area contributed by atoms with Gasteiger partial charge in [-0.1, -0.05) is 47.5 Å². The van der Waals surface area contributed by atoms with E-state index in [1.165, 1.54) is 5.56 Å². The van der Waals surface area contributed by atoms with Crippen molar-refractivity contribution >= 4 is 17.4 Å². The van der Waals surface area contributed by atoms with Gasteiger partial charge >= 0.3 is 0 Å². The highest BCUT2D eigenvalue weighted by molar-refractivity contribution is 6.31. The number of benzene rings is 2. The Kier molecular flexibility index (Phi) is 6.69. The molecule has 2 unspecified atom stereocenters. The second-order valence-electron chi connectivity index (χ2n) is 7.41. The Bertz CT molecular complexity index is 809. The average Bonchev–Trinajstić information content (AvgIpc) is 2.63. The SMILES string of the molecule is Cc1ccc(CC(=O)C(OC2CCCCO2)c2ccc(C)cc2Cl)c(C)c1. The Hall–Kier alpha value is -1.68. The molecule has 1 aliphatic rings. The Morgan fingerprint density at radius 3 is 2.56 bits per heavy atom. The molecule has 4 heteroatoms. The number of rotatable bonds is 6. The first kappa shape index (κ1) is 20.1. The van der Waals surface area contributed by atoms with Crippen molar-refractivity contribution in [3.8, 4) is 0 Å². The van der Waals surface area contributed by atoms with Gasteiger partial charge in [0.25, 0.3) is 0 Å². The quantitative estimate of drug-likeness (QED) is 0.642. The third-order valence-electron chi connectivity index (χ3n) is 5.02. The minimum Gasteiger partial charge on any atom is -0.353 e. The third kappa shape index (κ3) is 5.19. The summed E-state index contributed by atoms with van der Waals surface area (Å²) in [4.78, 5) is 13.2. The van der Waals surface area contributed by atoms with Crippen LogP contribution in [0.2, 0.25) is 5.02 Å². The first-order valence-electron chi connectivity index (χ1n) is 9.56. The van der Waals surface area contributed by atoms with Gasteiger partial charge in [-0.2, -0.15) is 0 Å². The van der Waals surface area contributed by atoms with E-state index in [4.69, 9.17) is 21.1 Å². The molecular formula is C23H27ClO3. The van der Waals surface area contributed by atoms with Crippen LogP contribution in [0.1, 0.15) is 53.2 Å². The molecule has 0 bridgehead atoms. The largest absolute Gasteiger partial charge is 0.353 e. The van der Waals surface area contributed by atoms with Crippen molar-refractivity contribution in [3.05, 3.63) is 69.2 Å². The number of ether oxygens (including phenoxy) is 2. The molecule has 2 aromatic rings. The van der Waals surface area contributed by atoms with Crippen molar-refractivity contribution in [1.82, 2.24) is 0 Å². The minimum atomic E-state index is -0.720. The first-order chi connectivity index (χ1) is 12.9. The zero-order valence-corrected chi connectivity index (χ0v) is 17.0. The molecule has 1 heterocycles. The lowest BCUT2D eigenvalue weighted by atomic mass is 9.95. The van der Waals surface area contributed by atoms with Crippen molar-refractivity contribution < 1.29 is 14.3 Å². The zero-order valence-electron chi connectivity index (χ0n) is 16.3. The van der Waals surface area contributed by atoms with Gasteiger partial charge in [-0.3, -0.25) is 4.79 Å². The molecule has 3 rings (SSSR count). The molecule has 1 aliphatic heterocycles. The maximum Gasteiger partial charge on any atom is 0.170 e. The molecule has 0 N–H and O–H groups in total. The number of aryl methyl sites for hydroxylation is 3. The number of halogens is 1. The highest BCUT2D eigenvalue weighted by Crippen LogP contribution is 2.31. The number of hydrogen-bond acceptors (Lipinski definition) is 3. The summed E-state index contributed by atoms with van der Waals surface area (Å²) in [6.07, 6.45) is 2.12. The van der Waals surface area contributed by atoms with Gasteiger partial charge in [0.1, 0.15) is 6.10 Å². The molecule has 0 aromatic heterocycles. The summed E-state index contributed by atoms with van der Waals surface area (Å²) >= 11 is 6.47. The van der Waals surface area contributed by atoms with Gasteiger partial charge in [-0.15, -0.1) is 0 Å². The third-order valence-corrected chi connectivity index (χ3v) is 5.35. The van der Waals surface area contributed by atoms with E-state index in [2.05, 4.69) is 13.0 Å². The van der Waals surface area contributed by atoms with Gasteiger partial charge in [-0.05, 0) is 62.8 Å². The Morgan fingerprint density at radius 1 is 1.15 bits per heavy atom. The van der Waals surface area contributed by atoms with Crippen molar-refractivity contribution in [1.29, 1.82) is 0 Å². The number of Topliss-reactive ketones (excluding diaryl/α,β-unsaturated/α-hetero) is 1. The Balaban J connectivity index is 1.86. The monoisotopic (exact) mass is 386 g/mol. The Morgan fingerprint density at radius 2 is 1.89 bits per heavy atom. The molecule has 2 aromatic carbocycles. The molecule has 2 atom stereocenters. The second-order valence-corrected chi connectivity index (χ2v) is 7.82. The van der Waals surface area contributed by atoms with Crippen LogP contribution >= 0.6 is 11.6 Å². The van der Waals surface area contributed by atoms with Crippen LogP contribution in [0.25, 0.3) is 0 Å². The van der Waals surface area contributed by atoms with Gasteiger partial charge in [0.15, 0.2) is 12.1 Å². The number of hydrogen-bond donors (Lipinski definition) is 0. The number of carbonyl (C=O) groups excluding carboxylic acids is 1. The van der Waals surface area contributed by atoms with E-state index < -0.39 is 6.10 Å². The van der Waals surface area contributed by atoms with E-state index in [9.17, 15) is 4.79 Å². The van der Waals surface area contributed by atoms with Gasteiger partial charge in [0.05, 0.1) is 0 Å². The number of carbonyl (C=O) groups is 1. The summed E-state index contributed by atoms with van der Waals surface area (Å²) in [6, 6.07) is 11.9. The zero-order chi connectivity index (χ0) is 19.4. The summed E-state index contributed by atoms with van der Waals surface area (Å²) in [5.74, 6) is 0.00174. The predicted octanol–water partition coefficient (Wildman–Crippen LogP) is 5.66. The molecule has 0 saturated carbocycles. The highest BCUT2D eigenvalue weighted by Gasteiger charge is 2.28. The fourth-order valence-electron chi connectivity index (χ4n) is 3.46. The van der Waals surface area contributed by atoms with E-state index in [1.54, 1.807) is 0 Å². The fraction of sp³-hybridized carbons (Fsp3) is 0.435. The van der Waals surface area contributed by atoms with Gasteiger partial charge in [0.2, 0.25) is 0 Å². The highest BCUT2D eigenvalue weighted by atomic mass is 35.5. The molecule has 0 radical (unpaired) electrons. The van der Waals surface area contributed by atoms with Crippen LogP contribution in [0.5, 0.6) is 0 Å². The lowest BCUT2D eigenvalue weighted by molar-refractivity contribution is -0.192. The van der Waals surface area contributed by atoms with Crippen molar-refractivity contribution in [2.24, 2.45) is 0 Å². The maximum absolute atomic E-state index is 13.2. The standard InChI is InChI=1S/C23H27ClO3/c1-15-7-9-18(17(3)12-15)14-21(25)23(27-22-6-4-5-11-26-22)19-10-8-16(2)13-20(19)24/h7-10,12-13,22-23H,4-6,11,14H2,1-3H3. The van der Waals surface area contributed by atoms with Crippen molar-refractivity contribution in [2.75, 3.05) is 6.61 Å². The number of ketones is 1. The van der Waals surface area contributed by atoms with Crippen molar-refractivity contribution in [2.45, 2.75) is 58.8 Å². The molecule has 1 saturated heterocycles. The molecule has 1 fully saturated rings. The summed E-state index contributed by atoms with van der Waals surface area (Å²) in [5.41, 5.74) is 5.09. The minimum absolute atomic E-state index is 0.00174. The van der Waals surface area contributed by atoms with E-state index in [-0.39, 0.29) is 12.1 Å². The summed E-state index contributed by atoms with van der Waals surface area (Å²) in [7, 11) is 0. The normalized spacial score (nSPS) is 18.3. The topological polar surface area (TPSA) is 35.5 Å².